The lowest BCUT2D eigenvalue weighted by molar-refractivity contribution is -0.143. The van der Waals surface area contributed by atoms with Gasteiger partial charge in [-0.25, -0.2) is 4.79 Å². The number of hydrogen-bond donors (Lipinski definition) is 7. The molecule has 0 unspecified atom stereocenters. The molecule has 1 rings (SSSR count). The predicted molar refractivity (Wildman–Crippen MR) is 114 cm³/mol. The smallest absolute Gasteiger partial charge is 0.326 e. The Morgan fingerprint density at radius 1 is 1.16 bits per heavy atom. The van der Waals surface area contributed by atoms with E-state index >= 15 is 0 Å². The van der Waals surface area contributed by atoms with Crippen LogP contribution in [0.4, 0.5) is 0 Å². The quantitative estimate of drug-likeness (QED) is 0.0865. The second-order valence-electron chi connectivity index (χ2n) is 7.55. The Morgan fingerprint density at radius 3 is 2.38 bits per heavy atom. The van der Waals surface area contributed by atoms with Gasteiger partial charge in [-0.05, 0) is 32.6 Å². The normalized spacial score (nSPS) is 18.2. The zero-order valence-electron chi connectivity index (χ0n) is 18.0. The minimum atomic E-state index is -1.24. The fourth-order valence-electron chi connectivity index (χ4n) is 3.25. The zero-order valence-corrected chi connectivity index (χ0v) is 18.0. The number of guanidine groups is 1. The Hall–Kier alpha value is -3.42. The first kappa shape index (κ1) is 26.6. The average Bonchev–Trinajstić information content (AvgIpc) is 3.18. The van der Waals surface area contributed by atoms with Gasteiger partial charge < -0.3 is 43.6 Å². The summed E-state index contributed by atoms with van der Waals surface area (Å²) in [5.74, 6) is -3.95. The standard InChI is InChI=1S/C18H32N8O6/c1-9(14(28)25-11(17(31)32)4-2-6-23-18(21)22)24-15(29)12-5-3-7-26(12)16(30)10(19)8-13(20)27/h9-12H,2-8,19H2,1H3,(H2,20,27)(H,24,29)(H,25,28)(H,31,32)(H4,21,22,23)/t9-,10-,11-,12-/m0/s1. The Morgan fingerprint density at radius 2 is 1.81 bits per heavy atom. The third-order valence-electron chi connectivity index (χ3n) is 4.89. The van der Waals surface area contributed by atoms with E-state index in [9.17, 15) is 29.1 Å². The molecule has 0 aromatic rings. The number of nitrogens with two attached hydrogens (primary N) is 4. The van der Waals surface area contributed by atoms with Gasteiger partial charge >= 0.3 is 5.97 Å². The topological polar surface area (TPSA) is 249 Å². The maximum Gasteiger partial charge on any atom is 0.326 e. The van der Waals surface area contributed by atoms with Gasteiger partial charge in [0.1, 0.15) is 18.1 Å². The molecule has 14 heteroatoms. The molecular formula is C18H32N8O6. The Bertz CT molecular complexity index is 754. The molecule has 0 saturated carbocycles. The van der Waals surface area contributed by atoms with Crippen molar-refractivity contribution >= 4 is 35.6 Å². The molecule has 0 aromatic heterocycles. The van der Waals surface area contributed by atoms with Gasteiger partial charge in [0.25, 0.3) is 0 Å². The molecule has 1 heterocycles. The third kappa shape index (κ3) is 8.37. The molecule has 0 spiro atoms. The van der Waals surface area contributed by atoms with Gasteiger partial charge in [0, 0.05) is 13.1 Å². The SMILES string of the molecule is C[C@H](NC(=O)[C@@H]1CCCN1C(=O)[C@@H](N)CC(N)=O)C(=O)N[C@@H](CCCN=C(N)N)C(=O)O. The third-order valence-corrected chi connectivity index (χ3v) is 4.89. The maximum absolute atomic E-state index is 12.6. The molecule has 1 saturated heterocycles. The minimum Gasteiger partial charge on any atom is -0.480 e. The van der Waals surface area contributed by atoms with E-state index in [1.54, 1.807) is 0 Å². The van der Waals surface area contributed by atoms with E-state index in [1.165, 1.54) is 11.8 Å². The summed E-state index contributed by atoms with van der Waals surface area (Å²) in [5, 5.41) is 14.1. The molecule has 1 fully saturated rings. The van der Waals surface area contributed by atoms with E-state index in [2.05, 4.69) is 15.6 Å². The van der Waals surface area contributed by atoms with Crippen LogP contribution in [0, 0.1) is 0 Å². The summed E-state index contributed by atoms with van der Waals surface area (Å²) in [5.41, 5.74) is 21.2. The van der Waals surface area contributed by atoms with E-state index in [0.29, 0.717) is 19.3 Å². The molecule has 0 aromatic carbocycles. The van der Waals surface area contributed by atoms with Crippen LogP contribution < -0.4 is 33.6 Å². The molecular weight excluding hydrogens is 424 g/mol. The fraction of sp³-hybridized carbons (Fsp3) is 0.667. The molecule has 11 N–H and O–H groups in total. The molecule has 32 heavy (non-hydrogen) atoms. The average molecular weight is 457 g/mol. The number of carboxylic acids is 1. The molecule has 4 amide bonds. The summed E-state index contributed by atoms with van der Waals surface area (Å²) in [4.78, 5) is 64.9. The Labute approximate surface area is 185 Å². The van der Waals surface area contributed by atoms with Gasteiger partial charge in [0.15, 0.2) is 5.96 Å². The number of rotatable bonds is 12. The van der Waals surface area contributed by atoms with Crippen LogP contribution in [0.5, 0.6) is 0 Å². The zero-order chi connectivity index (χ0) is 24.4. The second kappa shape index (κ2) is 12.4. The van der Waals surface area contributed by atoms with Gasteiger partial charge in [-0.2, -0.15) is 0 Å². The highest BCUT2D eigenvalue weighted by Crippen LogP contribution is 2.19. The number of primary amides is 1. The first-order chi connectivity index (χ1) is 14.9. The predicted octanol–water partition coefficient (Wildman–Crippen LogP) is -3.69. The summed E-state index contributed by atoms with van der Waals surface area (Å²) in [7, 11) is 0. The number of nitrogens with one attached hydrogen (secondary N) is 2. The highest BCUT2D eigenvalue weighted by molar-refractivity contribution is 5.95. The molecule has 1 aliphatic heterocycles. The van der Waals surface area contributed by atoms with Gasteiger partial charge in [-0.15, -0.1) is 0 Å². The number of nitrogens with zero attached hydrogens (tertiary/aromatic N) is 2. The second-order valence-corrected chi connectivity index (χ2v) is 7.55. The Balaban J connectivity index is 2.65. The maximum atomic E-state index is 12.6. The van der Waals surface area contributed by atoms with Crippen molar-refractivity contribution in [3.05, 3.63) is 0 Å². The lowest BCUT2D eigenvalue weighted by atomic mass is 10.1. The summed E-state index contributed by atoms with van der Waals surface area (Å²) in [6.07, 6.45) is 0.965. The largest absolute Gasteiger partial charge is 0.480 e. The number of carboxylic acid groups (broad SMARTS) is 1. The van der Waals surface area contributed by atoms with Crippen LogP contribution in [-0.4, -0.2) is 82.8 Å². The highest BCUT2D eigenvalue weighted by Gasteiger charge is 2.37. The van der Waals surface area contributed by atoms with E-state index in [4.69, 9.17) is 22.9 Å². The monoisotopic (exact) mass is 456 g/mol. The summed E-state index contributed by atoms with van der Waals surface area (Å²) >= 11 is 0. The number of carbonyl (C=O) groups is 5. The molecule has 1 aliphatic rings. The van der Waals surface area contributed by atoms with Gasteiger partial charge in [-0.1, -0.05) is 0 Å². The minimum absolute atomic E-state index is 0.0845. The number of aliphatic carboxylic acids is 1. The molecule has 180 valence electrons. The van der Waals surface area contributed by atoms with E-state index in [-0.39, 0.29) is 31.9 Å². The number of likely N-dealkylation sites (tertiary alicyclic amines) is 1. The lowest BCUT2D eigenvalue weighted by Gasteiger charge is -2.27. The van der Waals surface area contributed by atoms with Crippen LogP contribution in [0.15, 0.2) is 4.99 Å². The lowest BCUT2D eigenvalue weighted by Crippen LogP contribution is -2.56. The molecule has 14 nitrogen and oxygen atoms in total. The molecule has 0 bridgehead atoms. The number of amides is 4. The van der Waals surface area contributed by atoms with Gasteiger partial charge in [0.2, 0.25) is 23.6 Å². The Kier molecular flexibility index (Phi) is 10.3. The van der Waals surface area contributed by atoms with E-state index < -0.39 is 53.8 Å². The summed E-state index contributed by atoms with van der Waals surface area (Å²) < 4.78 is 0. The molecule has 0 radical (unpaired) electrons. The number of carbonyl (C=O) groups excluding carboxylic acids is 4. The van der Waals surface area contributed by atoms with Crippen molar-refractivity contribution in [1.82, 2.24) is 15.5 Å². The van der Waals surface area contributed by atoms with Crippen LogP contribution in [0.1, 0.15) is 39.0 Å². The van der Waals surface area contributed by atoms with Crippen LogP contribution in [-0.2, 0) is 24.0 Å². The summed E-state index contributed by atoms with van der Waals surface area (Å²) in [6.45, 7) is 1.88. The van der Waals surface area contributed by atoms with Crippen LogP contribution in [0.25, 0.3) is 0 Å². The van der Waals surface area contributed by atoms with Crippen molar-refractivity contribution < 1.29 is 29.1 Å². The number of hydrogen-bond acceptors (Lipinski definition) is 7. The highest BCUT2D eigenvalue weighted by atomic mass is 16.4. The number of aliphatic imine (C=N–C) groups is 1. The van der Waals surface area contributed by atoms with Crippen molar-refractivity contribution in [3.8, 4) is 0 Å². The summed E-state index contributed by atoms with van der Waals surface area (Å²) in [6, 6.07) is -4.25. The molecule has 4 atom stereocenters. The van der Waals surface area contributed by atoms with Gasteiger partial charge in [0.05, 0.1) is 12.5 Å². The van der Waals surface area contributed by atoms with Crippen molar-refractivity contribution in [2.45, 2.75) is 63.2 Å². The van der Waals surface area contributed by atoms with Crippen molar-refractivity contribution in [3.63, 3.8) is 0 Å². The van der Waals surface area contributed by atoms with Crippen molar-refractivity contribution in [2.75, 3.05) is 13.1 Å². The fourth-order valence-corrected chi connectivity index (χ4v) is 3.25. The van der Waals surface area contributed by atoms with E-state index in [0.717, 1.165) is 0 Å². The van der Waals surface area contributed by atoms with Crippen molar-refractivity contribution in [1.29, 1.82) is 0 Å². The van der Waals surface area contributed by atoms with Crippen molar-refractivity contribution in [2.24, 2.45) is 27.9 Å². The van der Waals surface area contributed by atoms with Crippen LogP contribution in [0.2, 0.25) is 0 Å². The van der Waals surface area contributed by atoms with Gasteiger partial charge in [-0.3, -0.25) is 24.2 Å². The first-order valence-corrected chi connectivity index (χ1v) is 10.2. The van der Waals surface area contributed by atoms with Crippen LogP contribution >= 0.6 is 0 Å². The van der Waals surface area contributed by atoms with Crippen LogP contribution in [0.3, 0.4) is 0 Å². The van der Waals surface area contributed by atoms with E-state index in [1.807, 2.05) is 0 Å². The first-order valence-electron chi connectivity index (χ1n) is 10.2. The molecule has 0 aliphatic carbocycles.